The summed E-state index contributed by atoms with van der Waals surface area (Å²) in [5.41, 5.74) is 0. The molecule has 0 aliphatic heterocycles. The topological polar surface area (TPSA) is 0 Å². The van der Waals surface area contributed by atoms with Crippen molar-refractivity contribution in [1.29, 1.82) is 0 Å². The fourth-order valence-corrected chi connectivity index (χ4v) is 1.28. The van der Waals surface area contributed by atoms with E-state index in [0.29, 0.717) is 0 Å². The lowest BCUT2D eigenvalue weighted by Gasteiger charge is -1.91. The Kier molecular flexibility index (Phi) is 5.87. The minimum Gasteiger partial charge on any atom is -0.0882 e. The van der Waals surface area contributed by atoms with Crippen LogP contribution in [0.1, 0.15) is 32.1 Å². The van der Waals surface area contributed by atoms with Gasteiger partial charge in [0.1, 0.15) is 0 Å². The molecule has 1 aliphatic rings. The van der Waals surface area contributed by atoms with Gasteiger partial charge in [-0.2, -0.15) is 0 Å². The van der Waals surface area contributed by atoms with Gasteiger partial charge in [-0.1, -0.05) is 48.6 Å². The van der Waals surface area contributed by atoms with Gasteiger partial charge in [0, 0.05) is 0 Å². The highest BCUT2D eigenvalue weighted by Crippen LogP contribution is 2.03. The Morgan fingerprint density at radius 3 is 2.08 bits per heavy atom. The third kappa shape index (κ3) is 6.15. The van der Waals surface area contributed by atoms with Crippen molar-refractivity contribution in [3.05, 3.63) is 48.6 Å². The first-order valence-electron chi connectivity index (χ1n) is 5.13. The van der Waals surface area contributed by atoms with E-state index in [4.69, 9.17) is 0 Å². The zero-order valence-electron chi connectivity index (χ0n) is 8.15. The van der Waals surface area contributed by atoms with E-state index < -0.39 is 0 Å². The molecule has 0 atom stereocenters. The molecule has 1 aliphatic carbocycles. The fourth-order valence-electron chi connectivity index (χ4n) is 1.28. The maximum atomic E-state index is 2.29. The molecule has 1 rings (SSSR count). The van der Waals surface area contributed by atoms with Gasteiger partial charge in [0.2, 0.25) is 0 Å². The molecule has 0 saturated heterocycles. The van der Waals surface area contributed by atoms with Gasteiger partial charge in [-0.3, -0.25) is 0 Å². The number of rotatable bonds is 0. The highest BCUT2D eigenvalue weighted by Gasteiger charge is 1.83. The quantitative estimate of drug-likeness (QED) is 0.483. The molecule has 0 saturated carbocycles. The molecule has 0 aromatic heterocycles. The first kappa shape index (κ1) is 10.0. The SMILES string of the molecule is C1=CC=CCCCCC=CCC=C1. The number of hydrogen-bond donors (Lipinski definition) is 0. The second-order valence-corrected chi connectivity index (χ2v) is 3.23. The van der Waals surface area contributed by atoms with Gasteiger partial charge in [-0.15, -0.1) is 0 Å². The molecule has 0 aromatic carbocycles. The van der Waals surface area contributed by atoms with Crippen molar-refractivity contribution in [3.63, 3.8) is 0 Å². The van der Waals surface area contributed by atoms with Crippen LogP contribution in [0.2, 0.25) is 0 Å². The van der Waals surface area contributed by atoms with Gasteiger partial charge in [-0.05, 0) is 32.1 Å². The van der Waals surface area contributed by atoms with Gasteiger partial charge in [0.25, 0.3) is 0 Å². The summed E-state index contributed by atoms with van der Waals surface area (Å²) in [7, 11) is 0. The normalized spacial score (nSPS) is 19.1. The second kappa shape index (κ2) is 7.60. The maximum Gasteiger partial charge on any atom is -0.0166 e. The van der Waals surface area contributed by atoms with E-state index in [0.717, 1.165) is 6.42 Å². The Morgan fingerprint density at radius 2 is 1.23 bits per heavy atom. The van der Waals surface area contributed by atoms with E-state index in [-0.39, 0.29) is 0 Å². The summed E-state index contributed by atoms with van der Waals surface area (Å²) in [4.78, 5) is 0. The Hall–Kier alpha value is -1.04. The van der Waals surface area contributed by atoms with E-state index in [1.807, 2.05) is 0 Å². The van der Waals surface area contributed by atoms with Crippen LogP contribution >= 0.6 is 0 Å². The fraction of sp³-hybridized carbons (Fsp3) is 0.385. The van der Waals surface area contributed by atoms with E-state index in [1.165, 1.54) is 25.7 Å². The molecule has 0 spiro atoms. The Bertz CT molecular complexity index is 216. The summed E-state index contributed by atoms with van der Waals surface area (Å²) in [6.07, 6.45) is 23.5. The molecule has 0 aromatic rings. The van der Waals surface area contributed by atoms with E-state index >= 15 is 0 Å². The molecule has 0 fully saturated rings. The van der Waals surface area contributed by atoms with E-state index in [9.17, 15) is 0 Å². The van der Waals surface area contributed by atoms with Crippen LogP contribution in [-0.2, 0) is 0 Å². The minimum atomic E-state index is 1.06. The zero-order chi connectivity index (χ0) is 9.19. The van der Waals surface area contributed by atoms with Crippen molar-refractivity contribution in [3.8, 4) is 0 Å². The van der Waals surface area contributed by atoms with Crippen molar-refractivity contribution in [1.82, 2.24) is 0 Å². The van der Waals surface area contributed by atoms with Crippen molar-refractivity contribution in [2.45, 2.75) is 32.1 Å². The molecule has 0 N–H and O–H groups in total. The monoisotopic (exact) mass is 174 g/mol. The average molecular weight is 174 g/mol. The van der Waals surface area contributed by atoms with Crippen molar-refractivity contribution < 1.29 is 0 Å². The number of allylic oxidation sites excluding steroid dienone is 8. The van der Waals surface area contributed by atoms with E-state index in [1.54, 1.807) is 0 Å². The summed E-state index contributed by atoms with van der Waals surface area (Å²) >= 11 is 0. The summed E-state index contributed by atoms with van der Waals surface area (Å²) < 4.78 is 0. The third-order valence-electron chi connectivity index (χ3n) is 2.04. The van der Waals surface area contributed by atoms with Crippen molar-refractivity contribution in [2.75, 3.05) is 0 Å². The molecule has 0 heterocycles. The molecule has 13 heavy (non-hydrogen) atoms. The van der Waals surface area contributed by atoms with Crippen LogP contribution in [0.15, 0.2) is 48.6 Å². The summed E-state index contributed by atoms with van der Waals surface area (Å²) in [6.45, 7) is 0. The minimum absolute atomic E-state index is 1.06. The van der Waals surface area contributed by atoms with Crippen LogP contribution in [0.25, 0.3) is 0 Å². The van der Waals surface area contributed by atoms with Crippen LogP contribution in [0, 0.1) is 0 Å². The second-order valence-electron chi connectivity index (χ2n) is 3.23. The van der Waals surface area contributed by atoms with Gasteiger partial charge in [-0.25, -0.2) is 0 Å². The largest absolute Gasteiger partial charge is 0.0882 e. The summed E-state index contributed by atoms with van der Waals surface area (Å²) in [5, 5.41) is 0. The Balaban J connectivity index is 2.38. The van der Waals surface area contributed by atoms with Gasteiger partial charge >= 0.3 is 0 Å². The molecule has 0 unspecified atom stereocenters. The Labute approximate surface area is 81.4 Å². The van der Waals surface area contributed by atoms with Gasteiger partial charge in [0.05, 0.1) is 0 Å². The Morgan fingerprint density at radius 1 is 0.538 bits per heavy atom. The number of hydrogen-bond acceptors (Lipinski definition) is 0. The predicted octanol–water partition coefficient (Wildman–Crippen LogP) is 4.18. The van der Waals surface area contributed by atoms with Crippen LogP contribution in [-0.4, -0.2) is 0 Å². The molecule has 0 bridgehead atoms. The molecule has 0 radical (unpaired) electrons. The first-order chi connectivity index (χ1) is 6.50. The van der Waals surface area contributed by atoms with Crippen molar-refractivity contribution in [2.24, 2.45) is 0 Å². The lowest BCUT2D eigenvalue weighted by Crippen LogP contribution is -1.71. The average Bonchev–Trinajstić information content (AvgIpc) is 2.18. The molecule has 0 amide bonds. The summed E-state index contributed by atoms with van der Waals surface area (Å²) in [6, 6.07) is 0. The third-order valence-corrected chi connectivity index (χ3v) is 2.04. The molecule has 0 heteroatoms. The van der Waals surface area contributed by atoms with Crippen LogP contribution in [0.3, 0.4) is 0 Å². The lowest BCUT2D eigenvalue weighted by molar-refractivity contribution is 0.761. The van der Waals surface area contributed by atoms with Gasteiger partial charge in [0.15, 0.2) is 0 Å². The standard InChI is InChI=1S/C13H18/c1-2-4-6-8-10-12-13-11-9-7-5-3-1/h1-6,9,11H,7-8,10,12-13H2. The maximum absolute atomic E-state index is 2.29. The van der Waals surface area contributed by atoms with Gasteiger partial charge < -0.3 is 0 Å². The smallest absolute Gasteiger partial charge is 0.0166 e. The predicted molar refractivity (Wildman–Crippen MR) is 59.6 cm³/mol. The summed E-state index contributed by atoms with van der Waals surface area (Å²) in [5.74, 6) is 0. The highest BCUT2D eigenvalue weighted by atomic mass is 13.9. The lowest BCUT2D eigenvalue weighted by atomic mass is 10.2. The molecular weight excluding hydrogens is 156 g/mol. The van der Waals surface area contributed by atoms with Crippen molar-refractivity contribution >= 4 is 0 Å². The van der Waals surface area contributed by atoms with Crippen LogP contribution in [0.4, 0.5) is 0 Å². The van der Waals surface area contributed by atoms with Crippen LogP contribution in [0.5, 0.6) is 0 Å². The molecular formula is C13H18. The zero-order valence-corrected chi connectivity index (χ0v) is 8.15. The first-order valence-corrected chi connectivity index (χ1v) is 5.13. The molecule has 0 nitrogen and oxygen atoms in total. The molecule has 70 valence electrons. The highest BCUT2D eigenvalue weighted by molar-refractivity contribution is 5.12. The van der Waals surface area contributed by atoms with Crippen LogP contribution < -0.4 is 0 Å². The van der Waals surface area contributed by atoms with E-state index in [2.05, 4.69) is 48.6 Å².